The third-order valence-electron chi connectivity index (χ3n) is 3.89. The highest BCUT2D eigenvalue weighted by Crippen LogP contribution is 2.30. The maximum atomic E-state index is 12.8. The molecule has 6 nitrogen and oxygen atoms in total. The van der Waals surface area contributed by atoms with Gasteiger partial charge in [0, 0.05) is 11.6 Å². The van der Waals surface area contributed by atoms with E-state index in [0.717, 1.165) is 0 Å². The minimum absolute atomic E-state index is 0.0266. The molecule has 2 aromatic carbocycles. The second kappa shape index (κ2) is 5.95. The summed E-state index contributed by atoms with van der Waals surface area (Å²) in [6.45, 7) is 0. The number of nitrogens with zero attached hydrogens (tertiary/aromatic N) is 2. The first-order chi connectivity index (χ1) is 12.7. The van der Waals surface area contributed by atoms with Gasteiger partial charge in [0.05, 0.1) is 22.2 Å². The molecule has 0 amide bonds. The number of aromatic amines is 1. The monoisotopic (exact) mass is 392 g/mol. The van der Waals surface area contributed by atoms with Gasteiger partial charge in [-0.25, -0.2) is 13.4 Å². The van der Waals surface area contributed by atoms with Crippen molar-refractivity contribution < 1.29 is 21.6 Å². The van der Waals surface area contributed by atoms with Crippen molar-refractivity contribution in [2.24, 2.45) is 0 Å². The Hall–Kier alpha value is -3.14. The Morgan fingerprint density at radius 3 is 2.59 bits per heavy atom. The van der Waals surface area contributed by atoms with Gasteiger partial charge in [-0.2, -0.15) is 13.2 Å². The second-order valence-electron chi connectivity index (χ2n) is 5.75. The predicted molar refractivity (Wildman–Crippen MR) is 93.6 cm³/mol. The highest BCUT2D eigenvalue weighted by atomic mass is 32.2. The first-order valence-electron chi connectivity index (χ1n) is 7.67. The zero-order valence-corrected chi connectivity index (χ0v) is 14.3. The van der Waals surface area contributed by atoms with E-state index in [0.29, 0.717) is 10.9 Å². The number of imidazole rings is 1. The summed E-state index contributed by atoms with van der Waals surface area (Å²) < 4.78 is 66.2. The summed E-state index contributed by atoms with van der Waals surface area (Å²) in [5, 5.41) is 0.652. The predicted octanol–water partition coefficient (Wildman–Crippen LogP) is 3.93. The molecule has 0 saturated carbocycles. The zero-order chi connectivity index (χ0) is 19.2. The van der Waals surface area contributed by atoms with E-state index in [9.17, 15) is 21.6 Å². The van der Waals surface area contributed by atoms with Gasteiger partial charge < -0.3 is 4.98 Å². The van der Waals surface area contributed by atoms with Crippen LogP contribution in [-0.4, -0.2) is 23.4 Å². The molecule has 138 valence electrons. The van der Waals surface area contributed by atoms with Crippen LogP contribution in [0.3, 0.4) is 0 Å². The maximum Gasteiger partial charge on any atom is 0.449 e. The molecule has 27 heavy (non-hydrogen) atoms. The van der Waals surface area contributed by atoms with Gasteiger partial charge in [0.2, 0.25) is 5.82 Å². The van der Waals surface area contributed by atoms with Crippen LogP contribution in [-0.2, 0) is 16.2 Å². The van der Waals surface area contributed by atoms with Crippen LogP contribution >= 0.6 is 0 Å². The van der Waals surface area contributed by atoms with E-state index in [-0.39, 0.29) is 21.6 Å². The van der Waals surface area contributed by atoms with Crippen LogP contribution in [0.5, 0.6) is 0 Å². The molecule has 0 spiro atoms. The molecule has 2 aromatic heterocycles. The van der Waals surface area contributed by atoms with E-state index in [2.05, 4.69) is 19.7 Å². The maximum absolute atomic E-state index is 12.8. The first-order valence-corrected chi connectivity index (χ1v) is 9.16. The summed E-state index contributed by atoms with van der Waals surface area (Å²) in [7, 11) is -4.00. The fraction of sp³-hybridized carbons (Fsp3) is 0.0588. The Labute approximate surface area is 151 Å². The average Bonchev–Trinajstić information content (AvgIpc) is 3.04. The number of sulfonamides is 1. The van der Waals surface area contributed by atoms with Gasteiger partial charge in [0.1, 0.15) is 4.90 Å². The van der Waals surface area contributed by atoms with Gasteiger partial charge in [0.15, 0.2) is 0 Å². The molecular weight excluding hydrogens is 381 g/mol. The Bertz CT molecular complexity index is 1260. The largest absolute Gasteiger partial charge is 0.449 e. The molecular formula is C17H11F3N4O2S. The number of benzene rings is 2. The number of fused-ring (bicyclic) bond motifs is 2. The van der Waals surface area contributed by atoms with Crippen molar-refractivity contribution in [3.8, 4) is 0 Å². The van der Waals surface area contributed by atoms with Gasteiger partial charge in [0.25, 0.3) is 10.0 Å². The molecule has 0 bridgehead atoms. The van der Waals surface area contributed by atoms with E-state index < -0.39 is 22.0 Å². The van der Waals surface area contributed by atoms with Crippen LogP contribution in [0.15, 0.2) is 59.6 Å². The molecule has 0 aliphatic carbocycles. The number of para-hydroxylation sites is 1. The number of nitrogens with one attached hydrogen (secondary N) is 2. The van der Waals surface area contributed by atoms with E-state index in [1.807, 2.05) is 0 Å². The molecule has 0 unspecified atom stereocenters. The quantitative estimate of drug-likeness (QED) is 0.553. The summed E-state index contributed by atoms with van der Waals surface area (Å²) in [4.78, 5) is 9.68. The molecule has 4 rings (SSSR count). The van der Waals surface area contributed by atoms with Gasteiger partial charge in [-0.15, -0.1) is 0 Å². The van der Waals surface area contributed by atoms with Crippen LogP contribution < -0.4 is 4.72 Å². The van der Waals surface area contributed by atoms with Gasteiger partial charge in [-0.1, -0.05) is 18.2 Å². The topological polar surface area (TPSA) is 87.7 Å². The molecule has 0 radical (unpaired) electrons. The van der Waals surface area contributed by atoms with Crippen molar-refractivity contribution in [1.29, 1.82) is 0 Å². The zero-order valence-electron chi connectivity index (χ0n) is 13.4. The molecule has 0 saturated heterocycles. The molecule has 2 heterocycles. The van der Waals surface area contributed by atoms with Crippen LogP contribution in [0.4, 0.5) is 18.9 Å². The van der Waals surface area contributed by atoms with Crippen molar-refractivity contribution in [1.82, 2.24) is 15.0 Å². The number of alkyl halides is 3. The third-order valence-corrected chi connectivity index (χ3v) is 5.30. The van der Waals surface area contributed by atoms with Crippen molar-refractivity contribution in [3.63, 3.8) is 0 Å². The molecule has 0 fully saturated rings. The Balaban J connectivity index is 1.74. The van der Waals surface area contributed by atoms with Crippen molar-refractivity contribution in [2.45, 2.75) is 11.1 Å². The fourth-order valence-corrected chi connectivity index (χ4v) is 3.94. The van der Waals surface area contributed by atoms with E-state index in [1.54, 1.807) is 24.3 Å². The molecule has 10 heteroatoms. The highest BCUT2D eigenvalue weighted by Gasteiger charge is 2.34. The lowest BCUT2D eigenvalue weighted by Gasteiger charge is -2.10. The minimum atomic E-state index is -4.62. The average molecular weight is 392 g/mol. The van der Waals surface area contributed by atoms with Crippen molar-refractivity contribution in [2.75, 3.05) is 4.72 Å². The minimum Gasteiger partial charge on any atom is -0.334 e. The number of hydrogen-bond donors (Lipinski definition) is 2. The smallest absolute Gasteiger partial charge is 0.334 e. The molecule has 0 aliphatic rings. The number of rotatable bonds is 3. The van der Waals surface area contributed by atoms with Gasteiger partial charge >= 0.3 is 6.18 Å². The van der Waals surface area contributed by atoms with Crippen LogP contribution in [0, 0.1) is 0 Å². The summed E-state index contributed by atoms with van der Waals surface area (Å²) >= 11 is 0. The summed E-state index contributed by atoms with van der Waals surface area (Å²) in [6, 6.07) is 12.1. The second-order valence-corrected chi connectivity index (χ2v) is 7.40. The first kappa shape index (κ1) is 17.3. The van der Waals surface area contributed by atoms with Crippen molar-refractivity contribution >= 4 is 37.6 Å². The Kier molecular flexibility index (Phi) is 3.81. The molecule has 0 aliphatic heterocycles. The Morgan fingerprint density at radius 1 is 1.04 bits per heavy atom. The Morgan fingerprint density at radius 2 is 1.81 bits per heavy atom. The summed E-state index contributed by atoms with van der Waals surface area (Å²) in [6.07, 6.45) is -3.13. The van der Waals surface area contributed by atoms with Crippen LogP contribution in [0.1, 0.15) is 5.82 Å². The van der Waals surface area contributed by atoms with Crippen LogP contribution in [0.25, 0.3) is 21.9 Å². The number of aromatic nitrogens is 3. The lowest BCUT2D eigenvalue weighted by atomic mass is 10.2. The normalized spacial score (nSPS) is 12.6. The SMILES string of the molecule is O=S(=O)(Nc1ccc2nc(C(F)(F)F)[nH]c2c1)c1cccc2cccnc12. The fourth-order valence-electron chi connectivity index (χ4n) is 2.71. The van der Waals surface area contributed by atoms with Gasteiger partial charge in [-0.3, -0.25) is 9.71 Å². The number of H-pyrrole nitrogens is 1. The number of halogens is 3. The number of anilines is 1. The summed E-state index contributed by atoms with van der Waals surface area (Å²) in [5.41, 5.74) is 0.554. The number of hydrogen-bond acceptors (Lipinski definition) is 4. The third kappa shape index (κ3) is 3.19. The van der Waals surface area contributed by atoms with Gasteiger partial charge in [-0.05, 0) is 30.3 Å². The lowest BCUT2D eigenvalue weighted by molar-refractivity contribution is -0.144. The van der Waals surface area contributed by atoms with E-state index in [4.69, 9.17) is 0 Å². The van der Waals surface area contributed by atoms with Crippen molar-refractivity contribution in [3.05, 3.63) is 60.6 Å². The molecule has 4 aromatic rings. The number of pyridine rings is 1. The summed E-state index contributed by atoms with van der Waals surface area (Å²) in [5.74, 6) is -1.14. The lowest BCUT2D eigenvalue weighted by Crippen LogP contribution is -2.13. The standard InChI is InChI=1S/C17H11F3N4O2S/c18-17(19,20)16-22-12-7-6-11(9-13(12)23-16)24-27(25,26)14-5-1-3-10-4-2-8-21-15(10)14/h1-9,24H,(H,22,23). The van der Waals surface area contributed by atoms with E-state index >= 15 is 0 Å². The van der Waals surface area contributed by atoms with E-state index in [1.165, 1.54) is 30.5 Å². The molecule has 0 atom stereocenters. The highest BCUT2D eigenvalue weighted by molar-refractivity contribution is 7.93. The molecule has 2 N–H and O–H groups in total. The van der Waals surface area contributed by atoms with Crippen LogP contribution in [0.2, 0.25) is 0 Å².